The van der Waals surface area contributed by atoms with Crippen LogP contribution in [0.3, 0.4) is 0 Å². The van der Waals surface area contributed by atoms with Crippen molar-refractivity contribution >= 4 is 5.78 Å². The van der Waals surface area contributed by atoms with Crippen LogP contribution in [-0.2, 0) is 4.74 Å². The summed E-state index contributed by atoms with van der Waals surface area (Å²) in [6.45, 7) is 3.06. The van der Waals surface area contributed by atoms with Crippen molar-refractivity contribution in [2.75, 3.05) is 26.3 Å². The number of hydrogen-bond donors (Lipinski definition) is 1. The molecule has 1 aromatic rings. The molecule has 0 saturated carbocycles. The predicted octanol–water partition coefficient (Wildman–Crippen LogP) is 2.26. The number of hydrogen-bond acceptors (Lipinski definition) is 4. The maximum Gasteiger partial charge on any atom is 0.223 e. The zero-order valence-electron chi connectivity index (χ0n) is 10.7. The first-order valence-electron chi connectivity index (χ1n) is 6.71. The third-order valence-electron chi connectivity index (χ3n) is 3.33. The molecule has 1 aliphatic rings. The lowest BCUT2D eigenvalue weighted by Gasteiger charge is -2.22. The molecule has 0 radical (unpaired) electrons. The Hall–Kier alpha value is -1.13. The molecule has 0 amide bonds. The maximum atomic E-state index is 11.5. The molecule has 0 spiro atoms. The molecule has 1 fully saturated rings. The van der Waals surface area contributed by atoms with Crippen LogP contribution in [0.15, 0.2) is 22.8 Å². The van der Waals surface area contributed by atoms with Gasteiger partial charge in [0.1, 0.15) is 6.61 Å². The highest BCUT2D eigenvalue weighted by Crippen LogP contribution is 2.15. The van der Waals surface area contributed by atoms with Crippen molar-refractivity contribution in [1.82, 2.24) is 5.32 Å². The van der Waals surface area contributed by atoms with Gasteiger partial charge in [-0.25, -0.2) is 0 Å². The zero-order valence-corrected chi connectivity index (χ0v) is 10.7. The minimum Gasteiger partial charge on any atom is -0.461 e. The predicted molar refractivity (Wildman–Crippen MR) is 68.7 cm³/mol. The van der Waals surface area contributed by atoms with E-state index >= 15 is 0 Å². The Balaban J connectivity index is 1.52. The van der Waals surface area contributed by atoms with Gasteiger partial charge in [-0.05, 0) is 56.8 Å². The summed E-state index contributed by atoms with van der Waals surface area (Å²) in [5.41, 5.74) is 0. The standard InChI is InChI=1S/C14H21NO3/c16-13(14-6-3-9-18-14)11-17-8-2-5-12-4-1-7-15-10-12/h3,6,9,12,15H,1-2,4-5,7-8,10-11H2/t12-/m1/s1. The topological polar surface area (TPSA) is 51.5 Å². The summed E-state index contributed by atoms with van der Waals surface area (Å²) in [6, 6.07) is 3.38. The van der Waals surface area contributed by atoms with Crippen LogP contribution < -0.4 is 5.32 Å². The Labute approximate surface area is 108 Å². The van der Waals surface area contributed by atoms with Crippen molar-refractivity contribution in [3.8, 4) is 0 Å². The molecule has 4 nitrogen and oxygen atoms in total. The largest absolute Gasteiger partial charge is 0.461 e. The first-order valence-corrected chi connectivity index (χ1v) is 6.71. The summed E-state index contributed by atoms with van der Waals surface area (Å²) in [5.74, 6) is 1.08. The monoisotopic (exact) mass is 251 g/mol. The number of ketones is 1. The molecule has 2 heterocycles. The molecular weight excluding hydrogens is 230 g/mol. The molecule has 1 N–H and O–H groups in total. The van der Waals surface area contributed by atoms with E-state index in [1.807, 2.05) is 0 Å². The van der Waals surface area contributed by atoms with Crippen molar-refractivity contribution in [3.63, 3.8) is 0 Å². The molecule has 4 heteroatoms. The van der Waals surface area contributed by atoms with Gasteiger partial charge in [-0.3, -0.25) is 4.79 Å². The SMILES string of the molecule is O=C(COCCC[C@H]1CCCNC1)c1ccco1. The molecule has 0 aliphatic carbocycles. The van der Waals surface area contributed by atoms with Gasteiger partial charge < -0.3 is 14.5 Å². The number of rotatable bonds is 7. The van der Waals surface area contributed by atoms with Crippen LogP contribution >= 0.6 is 0 Å². The number of Topliss-reactive ketones (excluding diaryl/α,β-unsaturated/α-hetero) is 1. The summed E-state index contributed by atoms with van der Waals surface area (Å²) >= 11 is 0. The van der Waals surface area contributed by atoms with Crippen molar-refractivity contribution < 1.29 is 13.9 Å². The highest BCUT2D eigenvalue weighted by molar-refractivity contribution is 5.94. The van der Waals surface area contributed by atoms with E-state index in [2.05, 4.69) is 5.32 Å². The van der Waals surface area contributed by atoms with Crippen molar-refractivity contribution in [3.05, 3.63) is 24.2 Å². The number of nitrogens with one attached hydrogen (secondary N) is 1. The fourth-order valence-corrected chi connectivity index (χ4v) is 2.32. The molecule has 0 aromatic carbocycles. The Morgan fingerprint density at radius 2 is 2.50 bits per heavy atom. The number of carbonyl (C=O) groups excluding carboxylic acids is 1. The van der Waals surface area contributed by atoms with E-state index in [1.165, 1.54) is 25.5 Å². The van der Waals surface area contributed by atoms with Gasteiger partial charge in [0, 0.05) is 6.61 Å². The normalized spacial score (nSPS) is 19.9. The summed E-state index contributed by atoms with van der Waals surface area (Å²) in [7, 11) is 0. The lowest BCUT2D eigenvalue weighted by molar-refractivity contribution is 0.0719. The summed E-state index contributed by atoms with van der Waals surface area (Å²) in [4.78, 5) is 11.5. The third-order valence-corrected chi connectivity index (χ3v) is 3.33. The van der Waals surface area contributed by atoms with Crippen LogP contribution in [0.1, 0.15) is 36.2 Å². The second kappa shape index (κ2) is 7.34. The van der Waals surface area contributed by atoms with Crippen molar-refractivity contribution in [2.45, 2.75) is 25.7 Å². The van der Waals surface area contributed by atoms with Gasteiger partial charge >= 0.3 is 0 Å². The molecule has 1 aromatic heterocycles. The fraction of sp³-hybridized carbons (Fsp3) is 0.643. The quantitative estimate of drug-likeness (QED) is 0.596. The number of furan rings is 1. The average Bonchev–Trinajstić information content (AvgIpc) is 2.93. The molecule has 1 saturated heterocycles. The summed E-state index contributed by atoms with van der Waals surface area (Å²) < 4.78 is 10.4. The van der Waals surface area contributed by atoms with Crippen LogP contribution in [0.25, 0.3) is 0 Å². The second-order valence-electron chi connectivity index (χ2n) is 4.81. The second-order valence-corrected chi connectivity index (χ2v) is 4.81. The lowest BCUT2D eigenvalue weighted by atomic mass is 9.95. The Bertz CT molecular complexity index is 342. The van der Waals surface area contributed by atoms with E-state index in [-0.39, 0.29) is 12.4 Å². The van der Waals surface area contributed by atoms with Gasteiger partial charge in [-0.15, -0.1) is 0 Å². The molecule has 2 rings (SSSR count). The van der Waals surface area contributed by atoms with Crippen LogP contribution in [0.4, 0.5) is 0 Å². The first kappa shape index (κ1) is 13.3. The Morgan fingerprint density at radius 3 is 3.22 bits per heavy atom. The van der Waals surface area contributed by atoms with Crippen LogP contribution in [0.5, 0.6) is 0 Å². The third kappa shape index (κ3) is 4.27. The number of piperidine rings is 1. The molecule has 18 heavy (non-hydrogen) atoms. The lowest BCUT2D eigenvalue weighted by Crippen LogP contribution is -2.29. The molecule has 0 bridgehead atoms. The summed E-state index contributed by atoms with van der Waals surface area (Å²) in [6.07, 6.45) is 6.31. The molecule has 1 aliphatic heterocycles. The minimum absolute atomic E-state index is 0.0840. The first-order chi connectivity index (χ1) is 8.86. The van der Waals surface area contributed by atoms with Gasteiger partial charge in [-0.2, -0.15) is 0 Å². The number of carbonyl (C=O) groups is 1. The van der Waals surface area contributed by atoms with Crippen molar-refractivity contribution in [2.24, 2.45) is 5.92 Å². The molecule has 0 unspecified atom stereocenters. The summed E-state index contributed by atoms with van der Waals surface area (Å²) in [5, 5.41) is 3.41. The van der Waals surface area contributed by atoms with Crippen LogP contribution in [0, 0.1) is 5.92 Å². The van der Waals surface area contributed by atoms with E-state index in [1.54, 1.807) is 12.1 Å². The zero-order chi connectivity index (χ0) is 12.6. The maximum absolute atomic E-state index is 11.5. The molecule has 100 valence electrons. The smallest absolute Gasteiger partial charge is 0.223 e. The number of ether oxygens (including phenoxy) is 1. The van der Waals surface area contributed by atoms with Crippen LogP contribution in [-0.4, -0.2) is 32.1 Å². The highest BCUT2D eigenvalue weighted by atomic mass is 16.5. The van der Waals surface area contributed by atoms with Gasteiger partial charge in [0.2, 0.25) is 5.78 Å². The van der Waals surface area contributed by atoms with Crippen LogP contribution in [0.2, 0.25) is 0 Å². The van der Waals surface area contributed by atoms with E-state index in [9.17, 15) is 4.79 Å². The van der Waals surface area contributed by atoms with E-state index < -0.39 is 0 Å². The van der Waals surface area contributed by atoms with Gasteiger partial charge in [0.25, 0.3) is 0 Å². The van der Waals surface area contributed by atoms with E-state index in [0.29, 0.717) is 12.4 Å². The van der Waals surface area contributed by atoms with E-state index in [0.717, 1.165) is 25.4 Å². The minimum atomic E-state index is -0.0840. The molecule has 1 atom stereocenters. The van der Waals surface area contributed by atoms with Gasteiger partial charge in [0.15, 0.2) is 5.76 Å². The van der Waals surface area contributed by atoms with Gasteiger partial charge in [-0.1, -0.05) is 0 Å². The fourth-order valence-electron chi connectivity index (χ4n) is 2.32. The Kier molecular flexibility index (Phi) is 5.42. The average molecular weight is 251 g/mol. The highest BCUT2D eigenvalue weighted by Gasteiger charge is 2.12. The van der Waals surface area contributed by atoms with Gasteiger partial charge in [0.05, 0.1) is 6.26 Å². The van der Waals surface area contributed by atoms with E-state index in [4.69, 9.17) is 9.15 Å². The Morgan fingerprint density at radius 1 is 1.56 bits per heavy atom. The van der Waals surface area contributed by atoms with Crippen molar-refractivity contribution in [1.29, 1.82) is 0 Å². The molecular formula is C14H21NO3.